The van der Waals surface area contributed by atoms with Gasteiger partial charge in [-0.15, -0.1) is 0 Å². The summed E-state index contributed by atoms with van der Waals surface area (Å²) in [6.07, 6.45) is 0. The van der Waals surface area contributed by atoms with E-state index in [1.807, 2.05) is 42.5 Å². The van der Waals surface area contributed by atoms with E-state index >= 15 is 0 Å². The van der Waals surface area contributed by atoms with Gasteiger partial charge in [-0.1, -0.05) is 48.0 Å². The summed E-state index contributed by atoms with van der Waals surface area (Å²) in [4.78, 5) is 16.3. The van der Waals surface area contributed by atoms with Crippen LogP contribution in [0.5, 0.6) is 0 Å². The number of hydrogen-bond donors (Lipinski definition) is 1. The molecule has 4 rings (SSSR count). The molecule has 2 aliphatic rings. The van der Waals surface area contributed by atoms with Gasteiger partial charge in [0.05, 0.1) is 23.2 Å². The topological polar surface area (TPSA) is 73.4 Å². The third-order valence-electron chi connectivity index (χ3n) is 4.69. The van der Waals surface area contributed by atoms with Crippen LogP contribution < -0.4 is 10.6 Å². The van der Waals surface area contributed by atoms with E-state index in [1.165, 1.54) is 4.90 Å². The van der Waals surface area contributed by atoms with Crippen LogP contribution >= 0.6 is 23.8 Å². The summed E-state index contributed by atoms with van der Waals surface area (Å²) in [7, 11) is 0. The molecule has 2 atom stereocenters. The maximum Gasteiger partial charge on any atom is 0.257 e. The van der Waals surface area contributed by atoms with Gasteiger partial charge in [0.1, 0.15) is 11.9 Å². The first-order valence-corrected chi connectivity index (χ1v) is 8.71. The summed E-state index contributed by atoms with van der Waals surface area (Å²) in [5, 5.41) is 10.4. The van der Waals surface area contributed by atoms with E-state index in [4.69, 9.17) is 29.6 Å². The van der Waals surface area contributed by atoms with E-state index < -0.39 is 12.0 Å². The Balaban J connectivity index is 1.87. The summed E-state index contributed by atoms with van der Waals surface area (Å²) >= 11 is 11.9. The molecule has 1 fully saturated rings. The van der Waals surface area contributed by atoms with Gasteiger partial charge in [-0.2, -0.15) is 5.26 Å². The van der Waals surface area contributed by atoms with Crippen molar-refractivity contribution in [3.8, 4) is 6.07 Å². The Bertz CT molecular complexity index is 998. The SMILES string of the molecule is N#CC1=C(N)N2C(=S)N(c3ccccc3)C(=O)C2C1c1ccccc1Cl. The van der Waals surface area contributed by atoms with Crippen molar-refractivity contribution in [1.82, 2.24) is 4.90 Å². The Morgan fingerprint density at radius 2 is 1.77 bits per heavy atom. The minimum atomic E-state index is -0.711. The van der Waals surface area contributed by atoms with Gasteiger partial charge in [0.15, 0.2) is 5.11 Å². The van der Waals surface area contributed by atoms with Gasteiger partial charge in [0, 0.05) is 5.02 Å². The molecule has 0 aliphatic carbocycles. The zero-order valence-electron chi connectivity index (χ0n) is 13.5. The predicted octanol–water partition coefficient (Wildman–Crippen LogP) is 3.13. The number of nitrogens with zero attached hydrogens (tertiary/aromatic N) is 3. The highest BCUT2D eigenvalue weighted by Crippen LogP contribution is 2.46. The molecule has 128 valence electrons. The van der Waals surface area contributed by atoms with E-state index in [1.54, 1.807) is 17.0 Å². The van der Waals surface area contributed by atoms with Gasteiger partial charge in [-0.05, 0) is 36.0 Å². The number of thiocarbonyl (C=S) groups is 1. The number of fused-ring (bicyclic) bond motifs is 1. The molecule has 0 radical (unpaired) electrons. The molecule has 2 N–H and O–H groups in total. The molecule has 2 aromatic rings. The van der Waals surface area contributed by atoms with Crippen LogP contribution in [0.25, 0.3) is 0 Å². The molecule has 0 spiro atoms. The highest BCUT2D eigenvalue weighted by molar-refractivity contribution is 7.80. The number of rotatable bonds is 2. The summed E-state index contributed by atoms with van der Waals surface area (Å²) in [5.74, 6) is -0.577. The first-order chi connectivity index (χ1) is 12.6. The first-order valence-electron chi connectivity index (χ1n) is 7.92. The summed E-state index contributed by atoms with van der Waals surface area (Å²) in [6.45, 7) is 0. The van der Waals surface area contributed by atoms with Crippen LogP contribution in [0.3, 0.4) is 0 Å². The normalized spacial score (nSPS) is 22.0. The highest BCUT2D eigenvalue weighted by atomic mass is 35.5. The summed E-state index contributed by atoms with van der Waals surface area (Å²) in [6, 6.07) is 17.7. The molecule has 2 aromatic carbocycles. The number of carbonyl (C=O) groups excluding carboxylic acids is 1. The molecule has 7 heteroatoms. The number of anilines is 1. The van der Waals surface area contributed by atoms with Crippen molar-refractivity contribution in [2.24, 2.45) is 5.73 Å². The van der Waals surface area contributed by atoms with Crippen molar-refractivity contribution in [3.63, 3.8) is 0 Å². The first kappa shape index (κ1) is 16.6. The number of nitriles is 1. The average molecular weight is 381 g/mol. The number of para-hydroxylation sites is 1. The Kier molecular flexibility index (Phi) is 3.91. The lowest BCUT2D eigenvalue weighted by Crippen LogP contribution is -2.35. The van der Waals surface area contributed by atoms with Crippen LogP contribution in [-0.2, 0) is 4.79 Å². The van der Waals surface area contributed by atoms with Gasteiger partial charge in [0.2, 0.25) is 0 Å². The Hall–Kier alpha value is -2.88. The minimum Gasteiger partial charge on any atom is -0.384 e. The third kappa shape index (κ3) is 2.22. The molecule has 5 nitrogen and oxygen atoms in total. The van der Waals surface area contributed by atoms with Crippen molar-refractivity contribution in [1.29, 1.82) is 5.26 Å². The molecule has 0 aromatic heterocycles. The molecule has 26 heavy (non-hydrogen) atoms. The van der Waals surface area contributed by atoms with Crippen LogP contribution in [0.1, 0.15) is 11.5 Å². The van der Waals surface area contributed by atoms with Gasteiger partial charge in [-0.3, -0.25) is 14.6 Å². The molecular formula is C19H13ClN4OS. The zero-order chi connectivity index (χ0) is 18.4. The van der Waals surface area contributed by atoms with E-state index in [2.05, 4.69) is 6.07 Å². The fourth-order valence-corrected chi connectivity index (χ4v) is 4.21. The van der Waals surface area contributed by atoms with Gasteiger partial charge in [0.25, 0.3) is 5.91 Å². The molecule has 0 saturated carbocycles. The Morgan fingerprint density at radius 3 is 2.42 bits per heavy atom. The van der Waals surface area contributed by atoms with Crippen molar-refractivity contribution >= 4 is 40.5 Å². The van der Waals surface area contributed by atoms with E-state index in [0.29, 0.717) is 21.8 Å². The summed E-state index contributed by atoms with van der Waals surface area (Å²) in [5.41, 5.74) is 7.89. The van der Waals surface area contributed by atoms with Crippen LogP contribution in [0.15, 0.2) is 66.0 Å². The van der Waals surface area contributed by atoms with Gasteiger partial charge in [-0.25, -0.2) is 0 Å². The van der Waals surface area contributed by atoms with Crippen molar-refractivity contribution in [2.45, 2.75) is 12.0 Å². The lowest BCUT2D eigenvalue weighted by Gasteiger charge is -2.20. The second-order valence-corrected chi connectivity index (χ2v) is 6.79. The number of amides is 1. The second kappa shape index (κ2) is 6.13. The lowest BCUT2D eigenvalue weighted by molar-refractivity contribution is -0.119. The maximum absolute atomic E-state index is 13.3. The summed E-state index contributed by atoms with van der Waals surface area (Å²) < 4.78 is 0. The van der Waals surface area contributed by atoms with E-state index in [-0.39, 0.29) is 16.8 Å². The molecule has 0 bridgehead atoms. The molecule has 1 saturated heterocycles. The number of halogens is 1. The lowest BCUT2D eigenvalue weighted by atomic mass is 9.87. The van der Waals surface area contributed by atoms with Crippen LogP contribution in [0.2, 0.25) is 5.02 Å². The fourth-order valence-electron chi connectivity index (χ4n) is 3.55. The number of nitrogens with two attached hydrogens (primary N) is 1. The molecular weight excluding hydrogens is 368 g/mol. The maximum atomic E-state index is 13.3. The van der Waals surface area contributed by atoms with Crippen LogP contribution in [0, 0.1) is 11.3 Å². The Morgan fingerprint density at radius 1 is 1.12 bits per heavy atom. The second-order valence-electron chi connectivity index (χ2n) is 6.02. The molecule has 2 heterocycles. The van der Waals surface area contributed by atoms with Gasteiger partial charge >= 0.3 is 0 Å². The van der Waals surface area contributed by atoms with Crippen LogP contribution in [-0.4, -0.2) is 22.0 Å². The zero-order valence-corrected chi connectivity index (χ0v) is 15.0. The highest BCUT2D eigenvalue weighted by Gasteiger charge is 2.55. The number of benzene rings is 2. The van der Waals surface area contributed by atoms with E-state index in [9.17, 15) is 10.1 Å². The quantitative estimate of drug-likeness (QED) is 0.810. The minimum absolute atomic E-state index is 0.208. The average Bonchev–Trinajstić information content (AvgIpc) is 3.08. The fraction of sp³-hybridized carbons (Fsp3) is 0.105. The monoisotopic (exact) mass is 380 g/mol. The van der Waals surface area contributed by atoms with Crippen LogP contribution in [0.4, 0.5) is 5.69 Å². The van der Waals surface area contributed by atoms with Crippen molar-refractivity contribution in [3.05, 3.63) is 76.6 Å². The van der Waals surface area contributed by atoms with Crippen molar-refractivity contribution in [2.75, 3.05) is 4.90 Å². The van der Waals surface area contributed by atoms with E-state index in [0.717, 1.165) is 0 Å². The third-order valence-corrected chi connectivity index (χ3v) is 5.41. The number of carbonyl (C=O) groups is 1. The number of hydrogen-bond acceptors (Lipinski definition) is 4. The smallest absolute Gasteiger partial charge is 0.257 e. The molecule has 1 amide bonds. The van der Waals surface area contributed by atoms with Crippen molar-refractivity contribution < 1.29 is 4.79 Å². The predicted molar refractivity (Wildman–Crippen MR) is 103 cm³/mol. The largest absolute Gasteiger partial charge is 0.384 e. The molecule has 2 aliphatic heterocycles. The molecule has 2 unspecified atom stereocenters. The van der Waals surface area contributed by atoms with Gasteiger partial charge < -0.3 is 5.73 Å². The standard InChI is InChI=1S/C19H13ClN4OS/c20-14-9-5-4-8-12(14)15-13(10-21)17(22)24-16(15)18(25)23(19(24)26)11-6-2-1-3-7-11/h1-9,15-16H,22H2. The Labute approximate surface area is 160 Å².